The van der Waals surface area contributed by atoms with Gasteiger partial charge in [-0.1, -0.05) is 0 Å². The summed E-state index contributed by atoms with van der Waals surface area (Å²) in [6.07, 6.45) is 4.72. The summed E-state index contributed by atoms with van der Waals surface area (Å²) in [6.45, 7) is 2.78. The first-order valence-electron chi connectivity index (χ1n) is 8.80. The maximum atomic E-state index is 12.6. The number of pyridine rings is 1. The van der Waals surface area contributed by atoms with E-state index in [2.05, 4.69) is 30.5 Å². The number of rotatable bonds is 5. The molecule has 0 aromatic carbocycles. The second-order valence-corrected chi connectivity index (χ2v) is 6.79. The Bertz CT molecular complexity index is 1150. The number of alkyl halides is 3. The first-order valence-corrected chi connectivity index (χ1v) is 8.80. The third-order valence-corrected chi connectivity index (χ3v) is 4.07. The van der Waals surface area contributed by atoms with Crippen molar-refractivity contribution in [2.75, 3.05) is 5.32 Å². The fourth-order valence-electron chi connectivity index (χ4n) is 2.94. The van der Waals surface area contributed by atoms with Crippen LogP contribution in [0.5, 0.6) is 0 Å². The summed E-state index contributed by atoms with van der Waals surface area (Å²) in [4.78, 5) is 12.6. The minimum absolute atomic E-state index is 0.0888. The molecule has 0 bridgehead atoms. The molecule has 0 aliphatic heterocycles. The van der Waals surface area contributed by atoms with Gasteiger partial charge in [0.1, 0.15) is 12.9 Å². The zero-order valence-electron chi connectivity index (χ0n) is 15.6. The Morgan fingerprint density at radius 3 is 2.66 bits per heavy atom. The highest BCUT2D eigenvalue weighted by Gasteiger charge is 2.28. The van der Waals surface area contributed by atoms with Crippen LogP contribution in [-0.4, -0.2) is 46.7 Å². The number of hydrogen-bond donors (Lipinski definition) is 1. The summed E-state index contributed by atoms with van der Waals surface area (Å²) >= 11 is 0. The molecule has 0 spiro atoms. The van der Waals surface area contributed by atoms with Crippen molar-refractivity contribution in [2.45, 2.75) is 32.6 Å². The number of aromatic nitrogens is 7. The van der Waals surface area contributed by atoms with Crippen molar-refractivity contribution in [1.29, 1.82) is 0 Å². The van der Waals surface area contributed by atoms with Gasteiger partial charge in [0.25, 0.3) is 0 Å². The zero-order chi connectivity index (χ0) is 20.6. The molecule has 150 valence electrons. The van der Waals surface area contributed by atoms with Gasteiger partial charge in [-0.2, -0.15) is 28.1 Å². The maximum absolute atomic E-state index is 12.6. The van der Waals surface area contributed by atoms with Crippen LogP contribution in [0.1, 0.15) is 13.8 Å². The summed E-state index contributed by atoms with van der Waals surface area (Å²) in [7, 11) is 0. The van der Waals surface area contributed by atoms with Gasteiger partial charge in [0, 0.05) is 47.5 Å². The molecule has 11 heteroatoms. The Labute approximate surface area is 163 Å². The van der Waals surface area contributed by atoms with E-state index in [1.54, 1.807) is 29.3 Å². The Kier molecular flexibility index (Phi) is 4.65. The van der Waals surface area contributed by atoms with Crippen LogP contribution < -0.4 is 5.32 Å². The molecule has 0 amide bonds. The van der Waals surface area contributed by atoms with Crippen LogP contribution >= 0.6 is 0 Å². The highest BCUT2D eigenvalue weighted by atomic mass is 19.4. The fourth-order valence-corrected chi connectivity index (χ4v) is 2.94. The van der Waals surface area contributed by atoms with Crippen LogP contribution in [0.2, 0.25) is 0 Å². The summed E-state index contributed by atoms with van der Waals surface area (Å²) in [5.41, 5.74) is 2.48. The molecular formula is C18H17F3N8. The second kappa shape index (κ2) is 7.15. The van der Waals surface area contributed by atoms with Gasteiger partial charge in [-0.3, -0.25) is 4.68 Å². The number of hydrogen-bond acceptors (Lipinski definition) is 6. The first-order chi connectivity index (χ1) is 13.8. The van der Waals surface area contributed by atoms with Gasteiger partial charge >= 0.3 is 6.18 Å². The Hall–Kier alpha value is -3.50. The number of halogens is 3. The van der Waals surface area contributed by atoms with Crippen molar-refractivity contribution in [1.82, 2.24) is 34.5 Å². The van der Waals surface area contributed by atoms with E-state index in [1.807, 2.05) is 13.8 Å². The Morgan fingerprint density at radius 1 is 1.07 bits per heavy atom. The molecule has 0 unspecified atom stereocenters. The van der Waals surface area contributed by atoms with E-state index in [9.17, 15) is 13.2 Å². The number of anilines is 1. The smallest absolute Gasteiger partial charge is 0.382 e. The van der Waals surface area contributed by atoms with Crippen molar-refractivity contribution in [3.63, 3.8) is 0 Å². The largest absolute Gasteiger partial charge is 0.408 e. The predicted molar refractivity (Wildman–Crippen MR) is 100 cm³/mol. The molecule has 4 heterocycles. The van der Waals surface area contributed by atoms with E-state index in [0.717, 1.165) is 10.1 Å². The molecule has 4 rings (SSSR count). The van der Waals surface area contributed by atoms with Crippen LogP contribution in [0, 0.1) is 0 Å². The zero-order valence-corrected chi connectivity index (χ0v) is 15.6. The minimum atomic E-state index is -4.34. The molecule has 0 aliphatic carbocycles. The molecule has 0 radical (unpaired) electrons. The van der Waals surface area contributed by atoms with Crippen molar-refractivity contribution in [3.8, 4) is 16.9 Å². The van der Waals surface area contributed by atoms with Crippen molar-refractivity contribution in [2.24, 2.45) is 0 Å². The van der Waals surface area contributed by atoms with Crippen molar-refractivity contribution < 1.29 is 13.2 Å². The molecule has 1 N–H and O–H groups in total. The maximum Gasteiger partial charge on any atom is 0.408 e. The molecule has 0 aliphatic rings. The van der Waals surface area contributed by atoms with Crippen molar-refractivity contribution >= 4 is 16.7 Å². The molecule has 0 atom stereocenters. The van der Waals surface area contributed by atoms with Gasteiger partial charge in [0.05, 0.1) is 17.8 Å². The Morgan fingerprint density at radius 2 is 1.90 bits per heavy atom. The lowest BCUT2D eigenvalue weighted by Crippen LogP contribution is -2.17. The van der Waals surface area contributed by atoms with Crippen LogP contribution in [-0.2, 0) is 6.54 Å². The van der Waals surface area contributed by atoms with Gasteiger partial charge in [-0.25, -0.2) is 15.0 Å². The lowest BCUT2D eigenvalue weighted by molar-refractivity contribution is -0.142. The summed E-state index contributed by atoms with van der Waals surface area (Å²) in [6, 6.07) is 1.87. The monoisotopic (exact) mass is 402 g/mol. The summed E-state index contributed by atoms with van der Waals surface area (Å²) < 4.78 is 40.4. The highest BCUT2D eigenvalue weighted by Crippen LogP contribution is 2.30. The summed E-state index contributed by atoms with van der Waals surface area (Å²) in [5.74, 6) is 0.522. The molecule has 29 heavy (non-hydrogen) atoms. The van der Waals surface area contributed by atoms with Gasteiger partial charge in [0.2, 0.25) is 0 Å². The van der Waals surface area contributed by atoms with Crippen molar-refractivity contribution in [3.05, 3.63) is 43.4 Å². The first kappa shape index (κ1) is 18.8. The lowest BCUT2D eigenvalue weighted by atomic mass is 10.1. The van der Waals surface area contributed by atoms with E-state index in [1.165, 1.54) is 18.7 Å². The van der Waals surface area contributed by atoms with Gasteiger partial charge in [-0.15, -0.1) is 0 Å². The molecular weight excluding hydrogens is 385 g/mol. The summed E-state index contributed by atoms with van der Waals surface area (Å²) in [5, 5.41) is 12.2. The van der Waals surface area contributed by atoms with E-state index >= 15 is 0 Å². The Balaban J connectivity index is 1.75. The quantitative estimate of drug-likeness (QED) is 0.550. The van der Waals surface area contributed by atoms with E-state index in [0.29, 0.717) is 28.3 Å². The molecule has 0 fully saturated rings. The van der Waals surface area contributed by atoms with Crippen LogP contribution in [0.15, 0.2) is 43.4 Å². The standard InChI is InChI=1S/C18H17F3N8/c1-11(2)27-15-3-16(29-17-12(5-26-29)4-22-10-24-17)23-7-14(15)13-6-25-28(8-13)9-18(19,20)21/h3-8,10-11H,9H2,1-2H3,(H,23,27). The number of fused-ring (bicyclic) bond motifs is 1. The molecule has 4 aromatic heterocycles. The van der Waals surface area contributed by atoms with E-state index in [4.69, 9.17) is 0 Å². The molecule has 8 nitrogen and oxygen atoms in total. The van der Waals surface area contributed by atoms with Gasteiger partial charge in [-0.05, 0) is 13.8 Å². The predicted octanol–water partition coefficient (Wildman–Crippen LogP) is 3.46. The average molecular weight is 402 g/mol. The second-order valence-electron chi connectivity index (χ2n) is 6.79. The van der Waals surface area contributed by atoms with Gasteiger partial charge in [0.15, 0.2) is 11.5 Å². The van der Waals surface area contributed by atoms with E-state index in [-0.39, 0.29) is 6.04 Å². The van der Waals surface area contributed by atoms with E-state index < -0.39 is 12.7 Å². The molecule has 4 aromatic rings. The van der Waals surface area contributed by atoms with Crippen LogP contribution in [0.25, 0.3) is 28.0 Å². The minimum Gasteiger partial charge on any atom is -0.382 e. The number of nitrogens with one attached hydrogen (secondary N) is 1. The topological polar surface area (TPSA) is 86.3 Å². The molecule has 0 saturated heterocycles. The third kappa shape index (κ3) is 4.03. The van der Waals surface area contributed by atoms with Crippen LogP contribution in [0.3, 0.4) is 0 Å². The molecule has 0 saturated carbocycles. The highest BCUT2D eigenvalue weighted by molar-refractivity contribution is 5.79. The third-order valence-electron chi connectivity index (χ3n) is 4.07. The normalized spacial score (nSPS) is 12.1. The lowest BCUT2D eigenvalue weighted by Gasteiger charge is -2.15. The van der Waals surface area contributed by atoms with Crippen LogP contribution in [0.4, 0.5) is 18.9 Å². The number of nitrogens with zero attached hydrogens (tertiary/aromatic N) is 7. The SMILES string of the molecule is CC(C)Nc1cc(-n2ncc3cncnc32)ncc1-c1cnn(CC(F)(F)F)c1. The fraction of sp³-hybridized carbons (Fsp3) is 0.278. The van der Waals surface area contributed by atoms with Gasteiger partial charge < -0.3 is 5.32 Å². The average Bonchev–Trinajstić information content (AvgIpc) is 3.26.